The zero-order chi connectivity index (χ0) is 15.8. The zero-order valence-electron chi connectivity index (χ0n) is 13.6. The van der Waals surface area contributed by atoms with Crippen LogP contribution in [0.15, 0.2) is 29.8 Å². The van der Waals surface area contributed by atoms with Gasteiger partial charge in [0.25, 0.3) is 0 Å². The zero-order valence-corrected chi connectivity index (χ0v) is 13.6. The molecule has 0 aromatic heterocycles. The van der Waals surface area contributed by atoms with Gasteiger partial charge in [0.15, 0.2) is 0 Å². The molecule has 0 bridgehead atoms. The summed E-state index contributed by atoms with van der Waals surface area (Å²) in [6.07, 6.45) is 3.78. The normalized spacial score (nSPS) is 13.0. The smallest absolute Gasteiger partial charge is 0.303 e. The maximum atomic E-state index is 9.37. The van der Waals surface area contributed by atoms with Crippen LogP contribution in [0.25, 0.3) is 5.57 Å². The van der Waals surface area contributed by atoms with Gasteiger partial charge in [0.1, 0.15) is 0 Å². The van der Waals surface area contributed by atoms with Gasteiger partial charge < -0.3 is 10.0 Å². The van der Waals surface area contributed by atoms with E-state index in [1.54, 1.807) is 18.1 Å². The number of hydrogen-bond donors (Lipinski definition) is 1. The second kappa shape index (κ2) is 8.63. The molecule has 116 valence electrons. The van der Waals surface area contributed by atoms with Crippen molar-refractivity contribution in [3.8, 4) is 0 Å². The van der Waals surface area contributed by atoms with Crippen LogP contribution < -0.4 is 0 Å². The number of nitrogens with zero attached hydrogens (tertiary/aromatic N) is 1. The molecule has 1 aliphatic rings. The molecule has 0 fully saturated rings. The maximum absolute atomic E-state index is 9.37. The van der Waals surface area contributed by atoms with Crippen LogP contribution in [-0.4, -0.2) is 36.6 Å². The molecule has 1 aromatic rings. The quantitative estimate of drug-likeness (QED) is 0.895. The summed E-state index contributed by atoms with van der Waals surface area (Å²) in [4.78, 5) is 11.6. The molecule has 1 aliphatic carbocycles. The average molecular weight is 289 g/mol. The molecule has 3 heteroatoms. The van der Waals surface area contributed by atoms with E-state index in [0.717, 1.165) is 6.54 Å². The summed E-state index contributed by atoms with van der Waals surface area (Å²) in [7, 11) is 4.29. The molecule has 0 heterocycles. The minimum Gasteiger partial charge on any atom is -0.481 e. The summed E-state index contributed by atoms with van der Waals surface area (Å²) < 4.78 is 0. The van der Waals surface area contributed by atoms with Crippen molar-refractivity contribution in [1.82, 2.24) is 4.90 Å². The molecule has 3 nitrogen and oxygen atoms in total. The Labute approximate surface area is 128 Å². The predicted octanol–water partition coefficient (Wildman–Crippen LogP) is 3.84. The lowest BCUT2D eigenvalue weighted by Gasteiger charge is -2.11. The summed E-state index contributed by atoms with van der Waals surface area (Å²) in [5, 5.41) is 7.72. The number of allylic oxidation sites excluding steroid dienone is 1. The number of rotatable bonds is 5. The Kier molecular flexibility index (Phi) is 7.17. The Hall–Kier alpha value is -1.61. The summed E-state index contributed by atoms with van der Waals surface area (Å²) in [5.74, 6) is -0.745. The number of benzene rings is 1. The van der Waals surface area contributed by atoms with E-state index in [4.69, 9.17) is 5.11 Å². The summed E-state index contributed by atoms with van der Waals surface area (Å²) in [6.45, 7) is 5.03. The molecule has 21 heavy (non-hydrogen) atoms. The third-order valence-corrected chi connectivity index (χ3v) is 3.69. The van der Waals surface area contributed by atoms with Crippen molar-refractivity contribution in [2.75, 3.05) is 20.6 Å². The van der Waals surface area contributed by atoms with Crippen LogP contribution in [0.3, 0.4) is 0 Å². The highest BCUT2D eigenvalue weighted by Gasteiger charge is 2.18. The highest BCUT2D eigenvalue weighted by molar-refractivity contribution is 5.76. The Bertz CT molecular complexity index is 504. The molecule has 0 saturated heterocycles. The van der Waals surface area contributed by atoms with Crippen molar-refractivity contribution in [2.45, 2.75) is 39.5 Å². The minimum atomic E-state index is -0.745. The number of carboxylic acid groups (broad SMARTS) is 1. The number of carboxylic acids is 1. The van der Waals surface area contributed by atoms with Gasteiger partial charge in [0.2, 0.25) is 0 Å². The topological polar surface area (TPSA) is 40.5 Å². The van der Waals surface area contributed by atoms with Gasteiger partial charge in [-0.3, -0.25) is 4.79 Å². The van der Waals surface area contributed by atoms with Crippen LogP contribution in [0.1, 0.15) is 44.2 Å². The van der Waals surface area contributed by atoms with E-state index in [2.05, 4.69) is 50.2 Å². The lowest BCUT2D eigenvalue weighted by Crippen LogP contribution is -2.13. The molecular formula is C18H27NO2. The van der Waals surface area contributed by atoms with Crippen LogP contribution in [0.4, 0.5) is 0 Å². The van der Waals surface area contributed by atoms with Crippen LogP contribution in [0.5, 0.6) is 0 Å². The molecule has 1 aromatic carbocycles. The molecule has 0 amide bonds. The highest BCUT2D eigenvalue weighted by Crippen LogP contribution is 2.36. The van der Waals surface area contributed by atoms with E-state index in [0.29, 0.717) is 0 Å². The third kappa shape index (κ3) is 5.35. The van der Waals surface area contributed by atoms with Crippen molar-refractivity contribution in [3.63, 3.8) is 0 Å². The fraction of sp³-hybridized carbons (Fsp3) is 0.500. The van der Waals surface area contributed by atoms with E-state index in [9.17, 15) is 4.79 Å². The first-order valence-electron chi connectivity index (χ1n) is 7.65. The SMILES string of the molecule is CCC(=O)O.CCC1=C(CCN(C)C)Cc2ccccc21. The lowest BCUT2D eigenvalue weighted by molar-refractivity contribution is -0.136. The fourth-order valence-electron chi connectivity index (χ4n) is 2.53. The van der Waals surface area contributed by atoms with Gasteiger partial charge in [-0.05, 0) is 50.1 Å². The molecule has 2 rings (SSSR count). The molecule has 0 aliphatic heterocycles. The van der Waals surface area contributed by atoms with Gasteiger partial charge in [-0.2, -0.15) is 0 Å². The largest absolute Gasteiger partial charge is 0.481 e. The molecule has 0 saturated carbocycles. The molecular weight excluding hydrogens is 262 g/mol. The minimum absolute atomic E-state index is 0.222. The van der Waals surface area contributed by atoms with Crippen molar-refractivity contribution < 1.29 is 9.90 Å². The Morgan fingerprint density at radius 1 is 1.24 bits per heavy atom. The summed E-state index contributed by atoms with van der Waals surface area (Å²) in [6, 6.07) is 8.86. The Morgan fingerprint density at radius 3 is 2.38 bits per heavy atom. The monoisotopic (exact) mass is 289 g/mol. The average Bonchev–Trinajstić information content (AvgIpc) is 2.83. The van der Waals surface area contributed by atoms with E-state index in [1.807, 2.05) is 0 Å². The van der Waals surface area contributed by atoms with Crippen molar-refractivity contribution in [1.29, 1.82) is 0 Å². The molecule has 0 spiro atoms. The van der Waals surface area contributed by atoms with Crippen molar-refractivity contribution in [3.05, 3.63) is 41.0 Å². The first kappa shape index (κ1) is 17.4. The number of fused-ring (bicyclic) bond motifs is 1. The Morgan fingerprint density at radius 2 is 1.86 bits per heavy atom. The standard InChI is InChI=1S/C15H21N.C3H6O2/c1-4-14-13(9-10-16(2)3)11-12-7-5-6-8-15(12)14;1-2-3(4)5/h5-8H,4,9-11H2,1-3H3;2H2,1H3,(H,4,5). The van der Waals surface area contributed by atoms with Gasteiger partial charge in [-0.1, -0.05) is 43.7 Å². The third-order valence-electron chi connectivity index (χ3n) is 3.69. The maximum Gasteiger partial charge on any atom is 0.303 e. The molecule has 0 radical (unpaired) electrons. The van der Waals surface area contributed by atoms with E-state index in [1.165, 1.54) is 30.4 Å². The van der Waals surface area contributed by atoms with Crippen LogP contribution in [-0.2, 0) is 11.2 Å². The Balaban J connectivity index is 0.000000383. The van der Waals surface area contributed by atoms with Gasteiger partial charge in [-0.25, -0.2) is 0 Å². The van der Waals surface area contributed by atoms with Gasteiger partial charge in [-0.15, -0.1) is 0 Å². The van der Waals surface area contributed by atoms with Crippen LogP contribution >= 0.6 is 0 Å². The van der Waals surface area contributed by atoms with Crippen molar-refractivity contribution >= 4 is 11.5 Å². The van der Waals surface area contributed by atoms with Crippen LogP contribution in [0.2, 0.25) is 0 Å². The summed E-state index contributed by atoms with van der Waals surface area (Å²) >= 11 is 0. The molecule has 0 atom stereocenters. The lowest BCUT2D eigenvalue weighted by atomic mass is 10.0. The fourth-order valence-corrected chi connectivity index (χ4v) is 2.53. The second-order valence-electron chi connectivity index (χ2n) is 5.57. The summed E-state index contributed by atoms with van der Waals surface area (Å²) in [5.41, 5.74) is 6.27. The van der Waals surface area contributed by atoms with E-state index < -0.39 is 5.97 Å². The van der Waals surface area contributed by atoms with E-state index >= 15 is 0 Å². The van der Waals surface area contributed by atoms with Gasteiger partial charge in [0.05, 0.1) is 0 Å². The van der Waals surface area contributed by atoms with Crippen LogP contribution in [0, 0.1) is 0 Å². The number of aliphatic carboxylic acids is 1. The highest BCUT2D eigenvalue weighted by atomic mass is 16.4. The first-order valence-corrected chi connectivity index (χ1v) is 7.65. The molecule has 0 unspecified atom stereocenters. The van der Waals surface area contributed by atoms with Gasteiger partial charge >= 0.3 is 5.97 Å². The molecule has 1 N–H and O–H groups in total. The number of hydrogen-bond acceptors (Lipinski definition) is 2. The van der Waals surface area contributed by atoms with Gasteiger partial charge in [0, 0.05) is 13.0 Å². The van der Waals surface area contributed by atoms with E-state index in [-0.39, 0.29) is 6.42 Å². The first-order chi connectivity index (χ1) is 9.99. The van der Waals surface area contributed by atoms with Crippen molar-refractivity contribution in [2.24, 2.45) is 0 Å². The predicted molar refractivity (Wildman–Crippen MR) is 88.5 cm³/mol. The number of carbonyl (C=O) groups is 1. The second-order valence-corrected chi connectivity index (χ2v) is 5.57.